The van der Waals surface area contributed by atoms with Gasteiger partial charge >= 0.3 is 5.97 Å². The molecule has 1 saturated heterocycles. The minimum absolute atomic E-state index is 0.0419. The van der Waals surface area contributed by atoms with Gasteiger partial charge in [0.2, 0.25) is 5.91 Å². The van der Waals surface area contributed by atoms with Crippen molar-refractivity contribution in [3.8, 4) is 5.75 Å². The van der Waals surface area contributed by atoms with Gasteiger partial charge < -0.3 is 19.8 Å². The van der Waals surface area contributed by atoms with Gasteiger partial charge in [0, 0.05) is 25.5 Å². The van der Waals surface area contributed by atoms with Crippen molar-refractivity contribution in [3.63, 3.8) is 0 Å². The monoisotopic (exact) mass is 384 g/mol. The van der Waals surface area contributed by atoms with Gasteiger partial charge in [-0.25, -0.2) is 0 Å². The van der Waals surface area contributed by atoms with Crippen molar-refractivity contribution in [1.82, 2.24) is 9.88 Å². The van der Waals surface area contributed by atoms with Crippen LogP contribution in [0.1, 0.15) is 17.5 Å². The Morgan fingerprint density at radius 2 is 2.07 bits per heavy atom. The summed E-state index contributed by atoms with van der Waals surface area (Å²) >= 11 is 0. The van der Waals surface area contributed by atoms with Gasteiger partial charge in [-0.2, -0.15) is 0 Å². The third-order valence-electron chi connectivity index (χ3n) is 5.29. The van der Waals surface area contributed by atoms with E-state index >= 15 is 0 Å². The molecule has 1 aromatic heterocycles. The van der Waals surface area contributed by atoms with E-state index in [1.807, 2.05) is 6.07 Å². The molecule has 7 nitrogen and oxygen atoms in total. The number of amides is 1. The third-order valence-corrected chi connectivity index (χ3v) is 5.29. The molecule has 3 rings (SSSR count). The summed E-state index contributed by atoms with van der Waals surface area (Å²) < 4.78 is 5.21. The number of pyridine rings is 1. The van der Waals surface area contributed by atoms with Gasteiger partial charge in [0.05, 0.1) is 19.6 Å². The molecule has 2 heterocycles. The molecule has 0 saturated carbocycles. The van der Waals surface area contributed by atoms with E-state index in [2.05, 4.69) is 4.98 Å². The Morgan fingerprint density at radius 3 is 2.75 bits per heavy atom. The Bertz CT molecular complexity index is 842. The molecule has 1 amide bonds. The number of aromatic nitrogens is 1. The highest BCUT2D eigenvalue weighted by molar-refractivity contribution is 5.82. The van der Waals surface area contributed by atoms with Crippen LogP contribution < -0.4 is 4.74 Å². The molecule has 7 heteroatoms. The standard InChI is InChI=1S/C21H24N2O5/c1-28-17-6-2-4-15(10-17)12-21(20(26)27)14-23(9-7-18(21)24)19(25)11-16-5-3-8-22-13-16/h2-6,8,10,13,18,24H,7,9,11-12,14H2,1H3,(H,26,27)/t18-,21+/m0/s1. The van der Waals surface area contributed by atoms with Gasteiger partial charge in [-0.05, 0) is 42.2 Å². The second kappa shape index (κ2) is 8.39. The van der Waals surface area contributed by atoms with E-state index in [0.29, 0.717) is 12.3 Å². The van der Waals surface area contributed by atoms with Gasteiger partial charge in [-0.15, -0.1) is 0 Å². The fourth-order valence-corrected chi connectivity index (χ4v) is 3.69. The Kier molecular flexibility index (Phi) is 5.94. The Labute approximate surface area is 163 Å². The molecule has 1 aliphatic rings. The largest absolute Gasteiger partial charge is 0.497 e. The average Bonchev–Trinajstić information content (AvgIpc) is 2.70. The summed E-state index contributed by atoms with van der Waals surface area (Å²) in [6.45, 7) is 0.285. The Balaban J connectivity index is 1.82. The van der Waals surface area contributed by atoms with Crippen LogP contribution in [0.3, 0.4) is 0 Å². The number of hydrogen-bond acceptors (Lipinski definition) is 5. The number of aliphatic hydroxyl groups is 1. The highest BCUT2D eigenvalue weighted by Gasteiger charge is 2.50. The maximum Gasteiger partial charge on any atom is 0.314 e. The lowest BCUT2D eigenvalue weighted by molar-refractivity contribution is -0.165. The van der Waals surface area contributed by atoms with E-state index in [0.717, 1.165) is 11.1 Å². The lowest BCUT2D eigenvalue weighted by Crippen LogP contribution is -2.58. The molecule has 2 N–H and O–H groups in total. The van der Waals surface area contributed by atoms with Crippen molar-refractivity contribution in [1.29, 1.82) is 0 Å². The molecular weight excluding hydrogens is 360 g/mol. The first-order chi connectivity index (χ1) is 13.4. The zero-order valence-electron chi connectivity index (χ0n) is 15.7. The van der Waals surface area contributed by atoms with E-state index in [-0.39, 0.29) is 31.7 Å². The number of benzene rings is 1. The Morgan fingerprint density at radius 1 is 1.29 bits per heavy atom. The zero-order valence-corrected chi connectivity index (χ0v) is 15.7. The lowest BCUT2D eigenvalue weighted by Gasteiger charge is -2.43. The van der Waals surface area contributed by atoms with Crippen LogP contribution in [0.25, 0.3) is 0 Å². The highest BCUT2D eigenvalue weighted by atomic mass is 16.5. The van der Waals surface area contributed by atoms with Crippen molar-refractivity contribution in [2.45, 2.75) is 25.4 Å². The average molecular weight is 384 g/mol. The predicted octanol–water partition coefficient (Wildman–Crippen LogP) is 1.54. The maximum atomic E-state index is 12.7. The lowest BCUT2D eigenvalue weighted by atomic mass is 9.72. The SMILES string of the molecule is COc1cccc(C[C@@]2(C(=O)O)CN(C(=O)Cc3cccnc3)CC[C@@H]2O)c1. The van der Waals surface area contributed by atoms with E-state index < -0.39 is 17.5 Å². The number of carboxylic acid groups (broad SMARTS) is 1. The molecule has 2 atom stereocenters. The molecule has 148 valence electrons. The number of hydrogen-bond donors (Lipinski definition) is 2. The number of ether oxygens (including phenoxy) is 1. The number of aliphatic carboxylic acids is 1. The summed E-state index contributed by atoms with van der Waals surface area (Å²) in [6.07, 6.45) is 2.69. The smallest absolute Gasteiger partial charge is 0.314 e. The zero-order chi connectivity index (χ0) is 20.1. The van der Waals surface area contributed by atoms with E-state index in [1.165, 1.54) is 4.90 Å². The summed E-state index contributed by atoms with van der Waals surface area (Å²) in [5, 5.41) is 20.6. The number of likely N-dealkylation sites (tertiary alicyclic amines) is 1. The van der Waals surface area contributed by atoms with Crippen LogP contribution in [0.2, 0.25) is 0 Å². The van der Waals surface area contributed by atoms with Crippen LogP contribution in [-0.4, -0.2) is 58.3 Å². The van der Waals surface area contributed by atoms with Crippen LogP contribution in [-0.2, 0) is 22.4 Å². The van der Waals surface area contributed by atoms with Crippen molar-refractivity contribution in [2.24, 2.45) is 5.41 Å². The Hall–Kier alpha value is -2.93. The fraction of sp³-hybridized carbons (Fsp3) is 0.381. The van der Waals surface area contributed by atoms with E-state index in [1.54, 1.807) is 49.8 Å². The second-order valence-electron chi connectivity index (χ2n) is 7.15. The van der Waals surface area contributed by atoms with Gasteiger partial charge in [-0.3, -0.25) is 14.6 Å². The minimum atomic E-state index is -1.46. The maximum absolute atomic E-state index is 12.7. The summed E-state index contributed by atoms with van der Waals surface area (Å²) in [7, 11) is 1.54. The van der Waals surface area contributed by atoms with Crippen molar-refractivity contribution in [3.05, 3.63) is 59.9 Å². The summed E-state index contributed by atoms with van der Waals surface area (Å²) in [4.78, 5) is 30.5. The number of carbonyl (C=O) groups is 2. The minimum Gasteiger partial charge on any atom is -0.497 e. The van der Waals surface area contributed by atoms with Gasteiger partial charge in [0.15, 0.2) is 0 Å². The quantitative estimate of drug-likeness (QED) is 0.784. The molecule has 28 heavy (non-hydrogen) atoms. The molecule has 1 aliphatic heterocycles. The van der Waals surface area contributed by atoms with E-state index in [9.17, 15) is 19.8 Å². The van der Waals surface area contributed by atoms with Crippen molar-refractivity contribution in [2.75, 3.05) is 20.2 Å². The number of rotatable bonds is 6. The predicted molar refractivity (Wildman–Crippen MR) is 102 cm³/mol. The first-order valence-corrected chi connectivity index (χ1v) is 9.15. The van der Waals surface area contributed by atoms with Crippen LogP contribution >= 0.6 is 0 Å². The van der Waals surface area contributed by atoms with Crippen LogP contribution in [0.15, 0.2) is 48.8 Å². The molecule has 0 aliphatic carbocycles. The van der Waals surface area contributed by atoms with Gasteiger partial charge in [0.1, 0.15) is 11.2 Å². The molecule has 1 fully saturated rings. The highest BCUT2D eigenvalue weighted by Crippen LogP contribution is 2.35. The molecule has 0 radical (unpaired) electrons. The van der Waals surface area contributed by atoms with Crippen LogP contribution in [0.4, 0.5) is 0 Å². The normalized spacial score (nSPS) is 21.9. The van der Waals surface area contributed by atoms with Crippen molar-refractivity contribution >= 4 is 11.9 Å². The number of piperidine rings is 1. The first-order valence-electron chi connectivity index (χ1n) is 9.15. The van der Waals surface area contributed by atoms with Crippen LogP contribution in [0.5, 0.6) is 5.75 Å². The molecule has 2 aromatic rings. The third kappa shape index (κ3) is 4.14. The molecule has 1 aromatic carbocycles. The van der Waals surface area contributed by atoms with E-state index in [4.69, 9.17) is 4.74 Å². The molecule has 0 bridgehead atoms. The summed E-state index contributed by atoms with van der Waals surface area (Å²) in [6, 6.07) is 10.7. The fourth-order valence-electron chi connectivity index (χ4n) is 3.69. The van der Waals surface area contributed by atoms with Crippen molar-refractivity contribution < 1.29 is 24.5 Å². The topological polar surface area (TPSA) is 100.0 Å². The van der Waals surface area contributed by atoms with Gasteiger partial charge in [-0.1, -0.05) is 18.2 Å². The number of methoxy groups -OCH3 is 1. The number of carboxylic acids is 1. The number of aliphatic hydroxyl groups excluding tert-OH is 1. The second-order valence-corrected chi connectivity index (χ2v) is 7.15. The van der Waals surface area contributed by atoms with Gasteiger partial charge in [0.25, 0.3) is 0 Å². The van der Waals surface area contributed by atoms with Crippen LogP contribution in [0, 0.1) is 5.41 Å². The number of carbonyl (C=O) groups excluding carboxylic acids is 1. The molecule has 0 unspecified atom stereocenters. The number of nitrogens with zero attached hydrogens (tertiary/aromatic N) is 2. The summed E-state index contributed by atoms with van der Waals surface area (Å²) in [5.41, 5.74) is 0.0459. The molecular formula is C21H24N2O5. The summed E-state index contributed by atoms with van der Waals surface area (Å²) in [5.74, 6) is -0.661. The first kappa shape index (κ1) is 19.8. The molecule has 0 spiro atoms.